The molecule has 2 saturated heterocycles. The summed E-state index contributed by atoms with van der Waals surface area (Å²) in [6, 6.07) is 0. The van der Waals surface area contributed by atoms with Gasteiger partial charge in [-0.05, 0) is 55.8 Å². The minimum absolute atomic E-state index is 0.152. The van der Waals surface area contributed by atoms with Gasteiger partial charge in [-0.3, -0.25) is 4.79 Å². The number of hydrogen-bond acceptors (Lipinski definition) is 2. The molecule has 2 aliphatic carbocycles. The first-order chi connectivity index (χ1) is 8.52. The van der Waals surface area contributed by atoms with E-state index in [0.717, 1.165) is 19.3 Å². The average Bonchev–Trinajstić information content (AvgIpc) is 2.89. The monoisotopic (exact) mass is 248 g/mol. The molecule has 100 valence electrons. The lowest BCUT2D eigenvalue weighted by molar-refractivity contribution is -0.128. The SMILES string of the molecule is CC1(C)CC[C@@]23CC[C@@H](O2)C2C(=O)CCC2C[C@H]13. The summed E-state index contributed by atoms with van der Waals surface area (Å²) >= 11 is 0. The smallest absolute Gasteiger partial charge is 0.138 e. The van der Waals surface area contributed by atoms with Crippen molar-refractivity contribution >= 4 is 5.78 Å². The van der Waals surface area contributed by atoms with Crippen molar-refractivity contribution in [3.8, 4) is 0 Å². The highest BCUT2D eigenvalue weighted by Crippen LogP contribution is 2.62. The van der Waals surface area contributed by atoms with Crippen LogP contribution in [0.15, 0.2) is 0 Å². The molecule has 2 nitrogen and oxygen atoms in total. The van der Waals surface area contributed by atoms with Gasteiger partial charge in [0.1, 0.15) is 5.78 Å². The van der Waals surface area contributed by atoms with E-state index in [1.165, 1.54) is 25.7 Å². The molecule has 5 atom stereocenters. The Bertz CT molecular complexity index is 400. The van der Waals surface area contributed by atoms with Crippen LogP contribution in [-0.4, -0.2) is 17.5 Å². The maximum absolute atomic E-state index is 12.1. The average molecular weight is 248 g/mol. The number of rotatable bonds is 0. The van der Waals surface area contributed by atoms with Crippen LogP contribution in [0.5, 0.6) is 0 Å². The van der Waals surface area contributed by atoms with Crippen LogP contribution in [0, 0.1) is 23.2 Å². The van der Waals surface area contributed by atoms with E-state index in [0.29, 0.717) is 23.0 Å². The van der Waals surface area contributed by atoms with E-state index in [4.69, 9.17) is 4.74 Å². The predicted molar refractivity (Wildman–Crippen MR) is 69.2 cm³/mol. The van der Waals surface area contributed by atoms with Gasteiger partial charge < -0.3 is 4.74 Å². The number of Topliss-reactive ketones (excluding diaryl/α,β-unsaturated/α-hetero) is 1. The summed E-state index contributed by atoms with van der Waals surface area (Å²) in [5.74, 6) is 2.08. The van der Waals surface area contributed by atoms with Gasteiger partial charge in [-0.1, -0.05) is 13.8 Å². The molecule has 2 aliphatic heterocycles. The molecule has 0 aromatic rings. The van der Waals surface area contributed by atoms with Crippen LogP contribution in [0.1, 0.15) is 58.8 Å². The van der Waals surface area contributed by atoms with Gasteiger partial charge in [0, 0.05) is 12.3 Å². The number of ketones is 1. The van der Waals surface area contributed by atoms with Crippen molar-refractivity contribution in [3.63, 3.8) is 0 Å². The van der Waals surface area contributed by atoms with Gasteiger partial charge in [-0.15, -0.1) is 0 Å². The number of hydrogen-bond donors (Lipinski definition) is 0. The lowest BCUT2D eigenvalue weighted by Crippen LogP contribution is -2.37. The first kappa shape index (κ1) is 11.5. The quantitative estimate of drug-likeness (QED) is 0.657. The summed E-state index contributed by atoms with van der Waals surface area (Å²) < 4.78 is 6.53. The molecule has 2 saturated carbocycles. The van der Waals surface area contributed by atoms with E-state index >= 15 is 0 Å². The Balaban J connectivity index is 1.75. The Morgan fingerprint density at radius 3 is 2.83 bits per heavy atom. The van der Waals surface area contributed by atoms with Gasteiger partial charge in [0.15, 0.2) is 0 Å². The van der Waals surface area contributed by atoms with Crippen LogP contribution in [0.4, 0.5) is 0 Å². The molecule has 2 unspecified atom stereocenters. The van der Waals surface area contributed by atoms with Gasteiger partial charge >= 0.3 is 0 Å². The summed E-state index contributed by atoms with van der Waals surface area (Å²) in [5, 5.41) is 0. The summed E-state index contributed by atoms with van der Waals surface area (Å²) in [6.07, 6.45) is 8.34. The number of carbonyl (C=O) groups excluding carboxylic acids is 1. The molecule has 4 fully saturated rings. The summed E-state index contributed by atoms with van der Waals surface area (Å²) in [4.78, 5) is 12.1. The van der Waals surface area contributed by atoms with Crippen LogP contribution in [0.25, 0.3) is 0 Å². The molecule has 0 N–H and O–H groups in total. The van der Waals surface area contributed by atoms with Crippen molar-refractivity contribution in [3.05, 3.63) is 0 Å². The first-order valence-corrected chi connectivity index (χ1v) is 7.72. The van der Waals surface area contributed by atoms with E-state index in [1.54, 1.807) is 0 Å². The normalized spacial score (nSPS) is 53.1. The Hall–Kier alpha value is -0.370. The van der Waals surface area contributed by atoms with Crippen molar-refractivity contribution in [2.45, 2.75) is 70.5 Å². The zero-order valence-electron chi connectivity index (χ0n) is 11.6. The third-order valence-corrected chi connectivity index (χ3v) is 6.59. The fourth-order valence-electron chi connectivity index (χ4n) is 5.64. The van der Waals surface area contributed by atoms with Crippen LogP contribution in [0.2, 0.25) is 0 Å². The van der Waals surface area contributed by atoms with Crippen LogP contribution >= 0.6 is 0 Å². The van der Waals surface area contributed by atoms with E-state index in [1.807, 2.05) is 0 Å². The highest BCUT2D eigenvalue weighted by Gasteiger charge is 2.62. The third kappa shape index (κ3) is 1.31. The van der Waals surface area contributed by atoms with Crippen molar-refractivity contribution in [1.29, 1.82) is 0 Å². The molecule has 0 aromatic carbocycles. The maximum atomic E-state index is 12.1. The van der Waals surface area contributed by atoms with E-state index < -0.39 is 0 Å². The Labute approximate surface area is 109 Å². The van der Waals surface area contributed by atoms with Crippen LogP contribution in [-0.2, 0) is 9.53 Å². The molecule has 18 heavy (non-hydrogen) atoms. The van der Waals surface area contributed by atoms with E-state index in [2.05, 4.69) is 13.8 Å². The fourth-order valence-corrected chi connectivity index (χ4v) is 5.64. The standard InChI is InChI=1S/C16H24O2/c1-15(2)7-8-16-6-5-12(18-16)14-10(9-13(15)16)3-4-11(14)17/h10,12-14H,3-9H2,1-2H3/t10?,12-,13-,14?,16-/m1/s1. The molecule has 0 aromatic heterocycles. The number of fused-ring (bicyclic) bond motifs is 3. The summed E-state index contributed by atoms with van der Waals surface area (Å²) in [5.41, 5.74) is 0.564. The molecule has 4 rings (SSSR count). The highest BCUT2D eigenvalue weighted by molar-refractivity contribution is 5.84. The minimum Gasteiger partial charge on any atom is -0.371 e. The zero-order chi connectivity index (χ0) is 12.5. The van der Waals surface area contributed by atoms with Crippen LogP contribution < -0.4 is 0 Å². The molecular weight excluding hydrogens is 224 g/mol. The van der Waals surface area contributed by atoms with E-state index in [-0.39, 0.29) is 17.6 Å². The number of carbonyl (C=O) groups is 1. The maximum Gasteiger partial charge on any atom is 0.138 e. The van der Waals surface area contributed by atoms with E-state index in [9.17, 15) is 4.79 Å². The van der Waals surface area contributed by atoms with Gasteiger partial charge in [0.05, 0.1) is 11.7 Å². The molecular formula is C16H24O2. The Morgan fingerprint density at radius 2 is 2.00 bits per heavy atom. The van der Waals surface area contributed by atoms with Crippen molar-refractivity contribution in [2.75, 3.05) is 0 Å². The topological polar surface area (TPSA) is 26.3 Å². The number of ether oxygens (including phenoxy) is 1. The van der Waals surface area contributed by atoms with Crippen molar-refractivity contribution in [1.82, 2.24) is 0 Å². The molecule has 0 radical (unpaired) electrons. The second kappa shape index (κ2) is 3.39. The lowest BCUT2D eigenvalue weighted by Gasteiger charge is -2.37. The molecule has 2 heteroatoms. The highest BCUT2D eigenvalue weighted by atomic mass is 16.5. The summed E-state index contributed by atoms with van der Waals surface area (Å²) in [6.45, 7) is 4.83. The first-order valence-electron chi connectivity index (χ1n) is 7.72. The van der Waals surface area contributed by atoms with Gasteiger partial charge in [0.25, 0.3) is 0 Å². The largest absolute Gasteiger partial charge is 0.371 e. The predicted octanol–water partition coefficient (Wildman–Crippen LogP) is 3.34. The van der Waals surface area contributed by atoms with Crippen LogP contribution in [0.3, 0.4) is 0 Å². The zero-order valence-corrected chi connectivity index (χ0v) is 11.6. The Morgan fingerprint density at radius 1 is 1.17 bits per heavy atom. The molecule has 4 aliphatic rings. The minimum atomic E-state index is 0.152. The summed E-state index contributed by atoms with van der Waals surface area (Å²) in [7, 11) is 0. The van der Waals surface area contributed by atoms with Gasteiger partial charge in [-0.25, -0.2) is 0 Å². The fraction of sp³-hybridized carbons (Fsp3) is 0.938. The second-order valence-corrected chi connectivity index (χ2v) is 7.83. The molecule has 2 heterocycles. The van der Waals surface area contributed by atoms with Gasteiger partial charge in [-0.2, -0.15) is 0 Å². The van der Waals surface area contributed by atoms with Crippen molar-refractivity contribution < 1.29 is 9.53 Å². The second-order valence-electron chi connectivity index (χ2n) is 7.83. The van der Waals surface area contributed by atoms with Crippen molar-refractivity contribution in [2.24, 2.45) is 23.2 Å². The Kier molecular flexibility index (Phi) is 2.16. The molecule has 1 spiro atoms. The third-order valence-electron chi connectivity index (χ3n) is 6.59. The molecule has 2 bridgehead atoms. The lowest BCUT2D eigenvalue weighted by atomic mass is 9.68. The van der Waals surface area contributed by atoms with Gasteiger partial charge in [0.2, 0.25) is 0 Å². The molecule has 0 amide bonds.